The molecule has 0 spiro atoms. The van der Waals surface area contributed by atoms with E-state index in [1.807, 2.05) is 48.5 Å². The molecule has 1 aliphatic heterocycles. The predicted octanol–water partition coefficient (Wildman–Crippen LogP) is 7.49. The van der Waals surface area contributed by atoms with E-state index in [4.69, 9.17) is 32.7 Å². The number of rotatable bonds is 17. The van der Waals surface area contributed by atoms with Crippen molar-refractivity contribution in [3.63, 3.8) is 0 Å². The molecule has 2 aliphatic rings. The van der Waals surface area contributed by atoms with Crippen molar-refractivity contribution in [3.8, 4) is 11.1 Å². The van der Waals surface area contributed by atoms with Crippen LogP contribution < -0.4 is 9.79 Å². The largest absolute Gasteiger partial charge is 0.756 e. The average molecular weight is 956 g/mol. The van der Waals surface area contributed by atoms with Crippen LogP contribution in [0.1, 0.15) is 79.2 Å². The van der Waals surface area contributed by atoms with Gasteiger partial charge in [0.05, 0.1) is 48.5 Å². The highest BCUT2D eigenvalue weighted by Gasteiger charge is 2.54. The maximum absolute atomic E-state index is 14.2. The predicted molar refractivity (Wildman–Crippen MR) is 253 cm³/mol. The molecule has 0 amide bonds. The van der Waals surface area contributed by atoms with Crippen LogP contribution in [0.15, 0.2) is 170 Å². The molecule has 358 valence electrons. The summed E-state index contributed by atoms with van der Waals surface area (Å²) in [5, 5.41) is 0. The van der Waals surface area contributed by atoms with E-state index in [0.29, 0.717) is 0 Å². The lowest BCUT2D eigenvalue weighted by atomic mass is 9.98. The molecule has 0 bridgehead atoms. The number of fused-ring (bicyclic) bond motifs is 3. The summed E-state index contributed by atoms with van der Waals surface area (Å²) in [6.45, 7) is 9.38. The van der Waals surface area contributed by atoms with Gasteiger partial charge >= 0.3 is 23.9 Å². The topological polar surface area (TPSA) is 177 Å². The number of hydrogen-bond donors (Lipinski definition) is 1. The van der Waals surface area contributed by atoms with Crippen LogP contribution in [0.2, 0.25) is 0 Å². The van der Waals surface area contributed by atoms with E-state index in [1.165, 1.54) is 68.2 Å². The summed E-state index contributed by atoms with van der Waals surface area (Å²) in [6, 6.07) is 46.4. The minimum atomic E-state index is -5.46. The normalized spacial score (nSPS) is 19.1. The summed E-state index contributed by atoms with van der Waals surface area (Å²) >= 11 is 0. The minimum absolute atomic E-state index is 0.0379. The van der Waals surface area contributed by atoms with Crippen molar-refractivity contribution < 1.29 is 66.3 Å². The molecule has 1 fully saturated rings. The van der Waals surface area contributed by atoms with E-state index in [-0.39, 0.29) is 28.9 Å². The third-order valence-corrected chi connectivity index (χ3v) is 12.8. The number of hydrogen-bond acceptors (Lipinski definition) is 13. The van der Waals surface area contributed by atoms with Gasteiger partial charge in [-0.05, 0) is 91.6 Å². The Hall–Kier alpha value is -6.77. The molecule has 1 N–H and O–H groups in total. The zero-order valence-electron chi connectivity index (χ0n) is 38.4. The smallest absolute Gasteiger partial charge is 0.340 e. The average Bonchev–Trinajstić information content (AvgIpc) is 3.71. The van der Waals surface area contributed by atoms with Crippen LogP contribution in [0.25, 0.3) is 11.1 Å². The number of carbonyl (C=O) groups is 4. The molecule has 0 radical (unpaired) electrons. The van der Waals surface area contributed by atoms with Gasteiger partial charge in [-0.2, -0.15) is 0 Å². The van der Waals surface area contributed by atoms with Crippen LogP contribution in [0.4, 0.5) is 0 Å². The molecule has 0 aromatic heterocycles. The first-order valence-electron chi connectivity index (χ1n) is 22.8. The Kier molecular flexibility index (Phi) is 17.4. The number of quaternary nitrogens is 1. The molecule has 1 aliphatic carbocycles. The van der Waals surface area contributed by atoms with Crippen molar-refractivity contribution >= 4 is 31.7 Å². The second kappa shape index (κ2) is 24.0. The summed E-state index contributed by atoms with van der Waals surface area (Å²) in [4.78, 5) is 70.5. The Bertz CT molecular complexity index is 2630. The number of benzene rings is 6. The van der Waals surface area contributed by atoms with Gasteiger partial charge in [0.25, 0.3) is 7.82 Å². The number of phosphoric acid groups is 1. The molecule has 69 heavy (non-hydrogen) atoms. The summed E-state index contributed by atoms with van der Waals surface area (Å²) < 4.78 is 55.3. The van der Waals surface area contributed by atoms with Crippen LogP contribution in [0, 0.1) is 0 Å². The van der Waals surface area contributed by atoms with Gasteiger partial charge < -0.3 is 42.5 Å². The Labute approximate surface area is 401 Å². The molecule has 6 aromatic rings. The highest BCUT2D eigenvalue weighted by atomic mass is 31.2. The molecule has 1 saturated heterocycles. The zero-order chi connectivity index (χ0) is 48.8. The number of nitrogens with one attached hydrogen (secondary N) is 1. The highest BCUT2D eigenvalue weighted by Crippen LogP contribution is 2.49. The quantitative estimate of drug-likeness (QED) is 0.0541. The van der Waals surface area contributed by atoms with Gasteiger partial charge in [-0.15, -0.1) is 0 Å². The van der Waals surface area contributed by atoms with E-state index in [2.05, 4.69) is 20.8 Å². The van der Waals surface area contributed by atoms with Gasteiger partial charge in [-0.1, -0.05) is 121 Å². The van der Waals surface area contributed by atoms with Crippen molar-refractivity contribution in [1.29, 1.82) is 0 Å². The maximum atomic E-state index is 14.2. The van der Waals surface area contributed by atoms with Crippen LogP contribution in [-0.2, 0) is 37.3 Å². The van der Waals surface area contributed by atoms with E-state index >= 15 is 0 Å². The fraction of sp³-hybridized carbons (Fsp3) is 0.259. The molecule has 15 heteroatoms. The fourth-order valence-corrected chi connectivity index (χ4v) is 9.07. The van der Waals surface area contributed by atoms with Gasteiger partial charge in [-0.3, -0.25) is 4.57 Å². The number of phosphoric ester groups is 1. The maximum Gasteiger partial charge on any atom is 0.340 e. The monoisotopic (exact) mass is 955 g/mol. The molecular formula is C54H54NO13P. The summed E-state index contributed by atoms with van der Waals surface area (Å²) in [5.74, 6) is -4.21. The molecule has 6 aromatic carbocycles. The SMILES string of the molecule is CC[NH+](CC)CC.O=C(OC[C@H]1O[C@H](OC(=O)c2ccccc2)[C@@H](OC(=O)c2ccccc2)[C@@H](OC(=O)c2ccccc2)[C@@H]1OP(=O)([O-])OCC1c2ccccc2-c2ccccc21)c1ccccc1. The molecule has 14 nitrogen and oxygen atoms in total. The number of carbonyl (C=O) groups excluding carboxylic acids is 4. The van der Waals surface area contributed by atoms with Gasteiger partial charge in [0.15, 0.2) is 6.10 Å². The molecule has 1 unspecified atom stereocenters. The number of ether oxygens (including phenoxy) is 5. The standard InChI is InChI=1S/C48H39O13P.C6H15N/c49-44(31-17-5-1-6-18-31)55-30-40-41(61-62(53,54)56-29-39-37-27-15-13-25-35(37)36-26-14-16-28-38(36)39)42(58-45(50)32-19-7-2-8-20-32)43(59-46(51)33-21-9-3-10-22-33)48(57-40)60-47(52)34-23-11-4-12-24-34;1-4-7(5-2)6-3/h1-28,39-43,48H,29-30H2,(H,53,54);4-6H2,1-3H3/t40-,41-,42+,43+,48-;/m1./s1. The Morgan fingerprint density at radius 2 is 0.899 bits per heavy atom. The lowest BCUT2D eigenvalue weighted by Crippen LogP contribution is -3.11. The van der Waals surface area contributed by atoms with Crippen LogP contribution in [0.5, 0.6) is 0 Å². The van der Waals surface area contributed by atoms with Gasteiger partial charge in [0, 0.05) is 5.92 Å². The lowest BCUT2D eigenvalue weighted by molar-refractivity contribution is -0.894. The first-order valence-corrected chi connectivity index (χ1v) is 24.3. The van der Waals surface area contributed by atoms with Gasteiger partial charge in [0.1, 0.15) is 18.8 Å². The minimum Gasteiger partial charge on any atom is -0.756 e. The molecule has 8 rings (SSSR count). The first-order chi connectivity index (χ1) is 33.5. The van der Waals surface area contributed by atoms with E-state index in [0.717, 1.165) is 22.3 Å². The third kappa shape index (κ3) is 12.9. The second-order valence-electron chi connectivity index (χ2n) is 16.1. The molecule has 1 heterocycles. The Balaban J connectivity index is 0.000000933. The molecular weight excluding hydrogens is 902 g/mol. The highest BCUT2D eigenvalue weighted by molar-refractivity contribution is 7.45. The van der Waals surface area contributed by atoms with E-state index < -0.39 is 74.9 Å². The lowest BCUT2D eigenvalue weighted by Gasteiger charge is -2.45. The Morgan fingerprint density at radius 3 is 1.33 bits per heavy atom. The van der Waals surface area contributed by atoms with Crippen molar-refractivity contribution in [2.45, 2.75) is 57.4 Å². The van der Waals surface area contributed by atoms with Crippen molar-refractivity contribution in [1.82, 2.24) is 0 Å². The second-order valence-corrected chi connectivity index (χ2v) is 17.5. The van der Waals surface area contributed by atoms with Crippen LogP contribution in [0.3, 0.4) is 0 Å². The van der Waals surface area contributed by atoms with Crippen molar-refractivity contribution in [2.24, 2.45) is 0 Å². The third-order valence-electron chi connectivity index (χ3n) is 11.8. The fourth-order valence-electron chi connectivity index (χ4n) is 8.12. The van der Waals surface area contributed by atoms with Crippen LogP contribution in [-0.4, -0.2) is 87.4 Å². The summed E-state index contributed by atoms with van der Waals surface area (Å²) in [5.41, 5.74) is 3.86. The van der Waals surface area contributed by atoms with E-state index in [9.17, 15) is 28.6 Å². The van der Waals surface area contributed by atoms with Crippen molar-refractivity contribution in [2.75, 3.05) is 32.8 Å². The van der Waals surface area contributed by atoms with Gasteiger partial charge in [0.2, 0.25) is 12.4 Å². The summed E-state index contributed by atoms with van der Waals surface area (Å²) in [7, 11) is -5.46. The zero-order valence-corrected chi connectivity index (χ0v) is 39.3. The molecule has 6 atom stereocenters. The van der Waals surface area contributed by atoms with Crippen LogP contribution >= 0.6 is 7.82 Å². The van der Waals surface area contributed by atoms with Crippen molar-refractivity contribution in [3.05, 3.63) is 203 Å². The molecule has 0 saturated carbocycles. The Morgan fingerprint density at radius 1 is 0.507 bits per heavy atom. The summed E-state index contributed by atoms with van der Waals surface area (Å²) in [6.07, 6.45) is -9.25. The first kappa shape index (κ1) is 50.1. The van der Waals surface area contributed by atoms with Gasteiger partial charge in [-0.25, -0.2) is 19.2 Å². The number of esters is 4. The van der Waals surface area contributed by atoms with E-state index in [1.54, 1.807) is 77.7 Å².